The smallest absolute Gasteiger partial charge is 0.244 e. The van der Waals surface area contributed by atoms with E-state index >= 15 is 0 Å². The summed E-state index contributed by atoms with van der Waals surface area (Å²) < 4.78 is 37.2. The minimum Gasteiger partial charge on any atom is -0.497 e. The highest BCUT2D eigenvalue weighted by molar-refractivity contribution is 7.92. The van der Waals surface area contributed by atoms with E-state index in [0.29, 0.717) is 5.75 Å². The number of nitrogens with zero attached hydrogens (tertiary/aromatic N) is 2. The van der Waals surface area contributed by atoms with Gasteiger partial charge in [0, 0.05) is 18.2 Å². The molecule has 0 aromatic heterocycles. The molecule has 0 aliphatic rings. The van der Waals surface area contributed by atoms with Crippen LogP contribution in [0.2, 0.25) is 0 Å². The number of amides is 2. The third-order valence-electron chi connectivity index (χ3n) is 5.43. The lowest BCUT2D eigenvalue weighted by atomic mass is 10.1. The van der Waals surface area contributed by atoms with Gasteiger partial charge in [-0.1, -0.05) is 29.8 Å². The van der Waals surface area contributed by atoms with Crippen molar-refractivity contribution in [3.8, 4) is 11.5 Å². The Balaban J connectivity index is 2.50. The molecule has 2 aromatic carbocycles. The summed E-state index contributed by atoms with van der Waals surface area (Å²) in [5, 5.41) is 2.90. The second-order valence-electron chi connectivity index (χ2n) is 9.73. The molecular formula is C26H37N3O6S. The highest BCUT2D eigenvalue weighted by atomic mass is 32.2. The lowest BCUT2D eigenvalue weighted by Crippen LogP contribution is -2.54. The van der Waals surface area contributed by atoms with E-state index in [1.54, 1.807) is 19.1 Å². The van der Waals surface area contributed by atoms with Gasteiger partial charge in [-0.25, -0.2) is 8.42 Å². The third kappa shape index (κ3) is 7.87. The number of anilines is 1. The fourth-order valence-corrected chi connectivity index (χ4v) is 4.50. The summed E-state index contributed by atoms with van der Waals surface area (Å²) >= 11 is 0. The van der Waals surface area contributed by atoms with E-state index in [9.17, 15) is 18.0 Å². The van der Waals surface area contributed by atoms with Gasteiger partial charge < -0.3 is 19.7 Å². The summed E-state index contributed by atoms with van der Waals surface area (Å²) in [5.41, 5.74) is 1.49. The van der Waals surface area contributed by atoms with Crippen molar-refractivity contribution in [3.63, 3.8) is 0 Å². The molecule has 0 saturated heterocycles. The molecule has 2 aromatic rings. The fourth-order valence-electron chi connectivity index (χ4n) is 3.65. The Morgan fingerprint density at radius 1 is 1.06 bits per heavy atom. The van der Waals surface area contributed by atoms with Crippen LogP contribution in [0.3, 0.4) is 0 Å². The largest absolute Gasteiger partial charge is 0.497 e. The molecule has 1 atom stereocenters. The molecule has 2 amide bonds. The fraction of sp³-hybridized carbons (Fsp3) is 0.462. The van der Waals surface area contributed by atoms with Gasteiger partial charge in [0.15, 0.2) is 0 Å². The number of methoxy groups -OCH3 is 2. The van der Waals surface area contributed by atoms with Crippen LogP contribution in [0, 0.1) is 6.92 Å². The first-order chi connectivity index (χ1) is 16.7. The van der Waals surface area contributed by atoms with Crippen LogP contribution in [0.25, 0.3) is 0 Å². The average molecular weight is 520 g/mol. The summed E-state index contributed by atoms with van der Waals surface area (Å²) in [7, 11) is -1.04. The molecule has 1 N–H and O–H groups in total. The van der Waals surface area contributed by atoms with Crippen LogP contribution < -0.4 is 19.1 Å². The van der Waals surface area contributed by atoms with Gasteiger partial charge in [-0.2, -0.15) is 0 Å². The first kappa shape index (κ1) is 29.0. The molecule has 0 saturated carbocycles. The standard InChI is InChI=1S/C26H37N3O6S/c1-18-10-9-11-20(14-18)16-28(19(2)25(31)27-26(3,4)5)24(30)17-29(36(8,32)33)22-15-21(34-6)12-13-23(22)35-7/h9-15,19H,16-17H2,1-8H3,(H,27,31)/t19-/m0/s1. The van der Waals surface area contributed by atoms with E-state index < -0.39 is 34.1 Å². The number of aryl methyl sites for hydroxylation is 1. The number of sulfonamides is 1. The predicted molar refractivity (Wildman–Crippen MR) is 141 cm³/mol. The minimum absolute atomic E-state index is 0.131. The van der Waals surface area contributed by atoms with Crippen molar-refractivity contribution in [2.45, 2.75) is 52.7 Å². The van der Waals surface area contributed by atoms with Crippen molar-refractivity contribution in [3.05, 3.63) is 53.6 Å². The zero-order valence-corrected chi connectivity index (χ0v) is 23.1. The monoisotopic (exact) mass is 519 g/mol. The summed E-state index contributed by atoms with van der Waals surface area (Å²) in [6.45, 7) is 8.73. The second-order valence-corrected chi connectivity index (χ2v) is 11.6. The van der Waals surface area contributed by atoms with E-state index in [4.69, 9.17) is 9.47 Å². The highest BCUT2D eigenvalue weighted by Gasteiger charge is 2.32. The van der Waals surface area contributed by atoms with Gasteiger partial charge in [0.2, 0.25) is 21.8 Å². The Hall–Kier alpha value is -3.27. The molecule has 0 bridgehead atoms. The number of ether oxygens (including phenoxy) is 2. The number of rotatable bonds is 10. The van der Waals surface area contributed by atoms with Crippen molar-refractivity contribution in [1.29, 1.82) is 0 Å². The quantitative estimate of drug-likeness (QED) is 0.517. The van der Waals surface area contributed by atoms with Crippen LogP contribution >= 0.6 is 0 Å². The van der Waals surface area contributed by atoms with Gasteiger partial charge in [0.1, 0.15) is 24.1 Å². The number of hydrogen-bond donors (Lipinski definition) is 1. The number of nitrogens with one attached hydrogen (secondary N) is 1. The third-order valence-corrected chi connectivity index (χ3v) is 6.56. The van der Waals surface area contributed by atoms with Gasteiger partial charge in [-0.15, -0.1) is 0 Å². The maximum atomic E-state index is 13.7. The molecule has 0 radical (unpaired) electrons. The molecule has 0 fully saturated rings. The summed E-state index contributed by atoms with van der Waals surface area (Å²) in [5.74, 6) is -0.212. The molecule has 36 heavy (non-hydrogen) atoms. The first-order valence-electron chi connectivity index (χ1n) is 11.5. The normalized spacial score (nSPS) is 12.4. The number of carbonyl (C=O) groups is 2. The van der Waals surface area contributed by atoms with Crippen molar-refractivity contribution < 1.29 is 27.5 Å². The zero-order chi connectivity index (χ0) is 27.3. The van der Waals surface area contributed by atoms with Crippen molar-refractivity contribution in [2.75, 3.05) is 31.3 Å². The van der Waals surface area contributed by atoms with Crippen LogP contribution in [0.1, 0.15) is 38.8 Å². The molecule has 0 spiro atoms. The highest BCUT2D eigenvalue weighted by Crippen LogP contribution is 2.34. The van der Waals surface area contributed by atoms with Crippen LogP contribution in [-0.4, -0.2) is 63.7 Å². The van der Waals surface area contributed by atoms with Crippen molar-refractivity contribution in [1.82, 2.24) is 10.2 Å². The average Bonchev–Trinajstić information content (AvgIpc) is 2.78. The Morgan fingerprint density at radius 3 is 2.25 bits per heavy atom. The summed E-state index contributed by atoms with van der Waals surface area (Å²) in [6.07, 6.45) is 1.01. The van der Waals surface area contributed by atoms with Gasteiger partial charge in [0.05, 0.1) is 26.2 Å². The SMILES string of the molecule is COc1ccc(OC)c(N(CC(=O)N(Cc2cccc(C)c2)[C@@H](C)C(=O)NC(C)(C)C)S(C)(=O)=O)c1. The van der Waals surface area contributed by atoms with Gasteiger partial charge in [-0.05, 0) is 52.3 Å². The van der Waals surface area contributed by atoms with Crippen LogP contribution in [0.15, 0.2) is 42.5 Å². The number of carbonyl (C=O) groups excluding carboxylic acids is 2. The Morgan fingerprint density at radius 2 is 1.72 bits per heavy atom. The molecular weight excluding hydrogens is 482 g/mol. The Bertz CT molecular complexity index is 1190. The van der Waals surface area contributed by atoms with Gasteiger partial charge in [0.25, 0.3) is 0 Å². The molecule has 9 nitrogen and oxygen atoms in total. The lowest BCUT2D eigenvalue weighted by molar-refractivity contribution is -0.140. The number of benzene rings is 2. The van der Waals surface area contributed by atoms with E-state index in [2.05, 4.69) is 5.32 Å². The van der Waals surface area contributed by atoms with E-state index in [-0.39, 0.29) is 23.9 Å². The van der Waals surface area contributed by atoms with Gasteiger partial charge >= 0.3 is 0 Å². The van der Waals surface area contributed by atoms with E-state index in [0.717, 1.165) is 21.7 Å². The maximum absolute atomic E-state index is 13.7. The summed E-state index contributed by atoms with van der Waals surface area (Å²) in [6, 6.07) is 11.4. The topological polar surface area (TPSA) is 105 Å². The van der Waals surface area contributed by atoms with Crippen molar-refractivity contribution >= 4 is 27.5 Å². The zero-order valence-electron chi connectivity index (χ0n) is 22.3. The molecule has 198 valence electrons. The van der Waals surface area contributed by atoms with Crippen LogP contribution in [-0.2, 0) is 26.2 Å². The van der Waals surface area contributed by atoms with Crippen molar-refractivity contribution in [2.24, 2.45) is 0 Å². The minimum atomic E-state index is -3.91. The molecule has 0 aliphatic carbocycles. The lowest BCUT2D eigenvalue weighted by Gasteiger charge is -2.33. The Labute approximate surface area is 214 Å². The van der Waals surface area contributed by atoms with Crippen LogP contribution in [0.5, 0.6) is 11.5 Å². The summed E-state index contributed by atoms with van der Waals surface area (Å²) in [4.78, 5) is 28.1. The molecule has 10 heteroatoms. The molecule has 0 heterocycles. The molecule has 2 rings (SSSR count). The maximum Gasteiger partial charge on any atom is 0.244 e. The second kappa shape index (κ2) is 11.6. The van der Waals surface area contributed by atoms with Crippen LogP contribution in [0.4, 0.5) is 5.69 Å². The first-order valence-corrected chi connectivity index (χ1v) is 13.4. The Kier molecular flexibility index (Phi) is 9.37. The number of hydrogen-bond acceptors (Lipinski definition) is 6. The molecule has 0 aliphatic heterocycles. The van der Waals surface area contributed by atoms with E-state index in [1.165, 1.54) is 25.2 Å². The predicted octanol–water partition coefficient (Wildman–Crippen LogP) is 3.11. The van der Waals surface area contributed by atoms with Gasteiger partial charge in [-0.3, -0.25) is 13.9 Å². The van der Waals surface area contributed by atoms with E-state index in [1.807, 2.05) is 52.0 Å². The molecule has 0 unspecified atom stereocenters.